The minimum atomic E-state index is -1.51. The van der Waals surface area contributed by atoms with Crippen molar-refractivity contribution in [2.24, 2.45) is 0 Å². The molecule has 2 aliphatic heterocycles. The molecular formula is C25H27BrF3N3O. The monoisotopic (exact) mass is 521 g/mol. The summed E-state index contributed by atoms with van der Waals surface area (Å²) in [7, 11) is 0. The van der Waals surface area contributed by atoms with E-state index in [1.54, 1.807) is 0 Å². The van der Waals surface area contributed by atoms with Crippen LogP contribution in [-0.2, 0) is 11.2 Å². The number of rotatable bonds is 4. The van der Waals surface area contributed by atoms with Crippen LogP contribution in [0.5, 0.6) is 0 Å². The summed E-state index contributed by atoms with van der Waals surface area (Å²) in [6.07, 6.45) is 5.43. The number of alkyl halides is 1. The first kappa shape index (κ1) is 22.9. The van der Waals surface area contributed by atoms with E-state index in [1.165, 1.54) is 26.0 Å². The Morgan fingerprint density at radius 2 is 1.94 bits per heavy atom. The fourth-order valence-corrected chi connectivity index (χ4v) is 5.67. The van der Waals surface area contributed by atoms with E-state index in [1.807, 2.05) is 27.9 Å². The molecule has 1 aromatic heterocycles. The van der Waals surface area contributed by atoms with Crippen LogP contribution >= 0.6 is 15.9 Å². The quantitative estimate of drug-likeness (QED) is 0.394. The molecule has 3 aromatic rings. The molecule has 2 aromatic carbocycles. The van der Waals surface area contributed by atoms with Crippen LogP contribution in [0, 0.1) is 11.6 Å². The van der Waals surface area contributed by atoms with Crippen molar-refractivity contribution in [3.05, 3.63) is 63.3 Å². The van der Waals surface area contributed by atoms with Crippen molar-refractivity contribution >= 4 is 26.8 Å². The fraction of sp³-hybridized carbons (Fsp3) is 0.480. The average Bonchev–Trinajstić information content (AvgIpc) is 3.18. The van der Waals surface area contributed by atoms with E-state index < -0.39 is 23.3 Å². The van der Waals surface area contributed by atoms with Crippen molar-refractivity contribution in [2.75, 3.05) is 19.7 Å². The van der Waals surface area contributed by atoms with Gasteiger partial charge in [-0.3, -0.25) is 4.90 Å². The predicted octanol–water partition coefficient (Wildman–Crippen LogP) is 6.47. The van der Waals surface area contributed by atoms with Crippen LogP contribution in [0.1, 0.15) is 62.1 Å². The van der Waals surface area contributed by atoms with Crippen LogP contribution in [0.25, 0.3) is 10.9 Å². The van der Waals surface area contributed by atoms with Gasteiger partial charge >= 0.3 is 0 Å². The number of ether oxygens (including phenoxy) is 1. The highest BCUT2D eigenvalue weighted by molar-refractivity contribution is 9.10. The summed E-state index contributed by atoms with van der Waals surface area (Å²) < 4.78 is 53.1. The Labute approximate surface area is 199 Å². The predicted molar refractivity (Wildman–Crippen MR) is 125 cm³/mol. The van der Waals surface area contributed by atoms with Gasteiger partial charge in [-0.1, -0.05) is 22.0 Å². The lowest BCUT2D eigenvalue weighted by Crippen LogP contribution is -2.43. The van der Waals surface area contributed by atoms with Gasteiger partial charge in [-0.25, -0.2) is 17.9 Å². The molecule has 8 heteroatoms. The van der Waals surface area contributed by atoms with Crippen LogP contribution in [-0.4, -0.2) is 40.0 Å². The summed E-state index contributed by atoms with van der Waals surface area (Å²) in [6.45, 7) is 4.26. The molecule has 0 saturated carbocycles. The Morgan fingerprint density at radius 3 is 2.61 bits per heavy atom. The van der Waals surface area contributed by atoms with E-state index in [9.17, 15) is 4.39 Å². The van der Waals surface area contributed by atoms with E-state index in [-0.39, 0.29) is 18.3 Å². The zero-order valence-electron chi connectivity index (χ0n) is 18.8. The molecular weight excluding hydrogens is 495 g/mol. The molecule has 0 bridgehead atoms. The molecule has 0 N–H and O–H groups in total. The normalized spacial score (nSPS) is 22.0. The SMILES string of the molecule is CC(C)(F)CN1CCc2c(ccc3c2cnn3C2CCCCO2)C1c1c(F)cc(Br)cc1F. The fourth-order valence-electron chi connectivity index (χ4n) is 5.26. The molecule has 0 aliphatic carbocycles. The smallest absolute Gasteiger partial charge is 0.150 e. The van der Waals surface area contributed by atoms with Crippen molar-refractivity contribution in [1.82, 2.24) is 14.7 Å². The summed E-state index contributed by atoms with van der Waals surface area (Å²) in [5, 5.41) is 5.58. The van der Waals surface area contributed by atoms with Crippen LogP contribution in [0.3, 0.4) is 0 Å². The number of fused-ring (bicyclic) bond motifs is 3. The van der Waals surface area contributed by atoms with Crippen LogP contribution in [0.4, 0.5) is 13.2 Å². The molecule has 2 unspecified atom stereocenters. The van der Waals surface area contributed by atoms with Crippen molar-refractivity contribution in [2.45, 2.75) is 57.5 Å². The Morgan fingerprint density at radius 1 is 1.18 bits per heavy atom. The Bertz CT molecular complexity index is 1160. The first-order valence-corrected chi connectivity index (χ1v) is 12.2. The molecule has 4 nitrogen and oxygen atoms in total. The van der Waals surface area contributed by atoms with Gasteiger partial charge in [-0.05, 0) is 68.9 Å². The third kappa shape index (κ3) is 4.33. The molecule has 0 spiro atoms. The lowest BCUT2D eigenvalue weighted by atomic mass is 9.85. The standard InChI is InChI=1S/C25H27BrF3N3O/c1-25(2,29)14-31-9-8-16-17(24(31)23-19(27)11-15(26)12-20(23)28)6-7-21-18(16)13-30-32(21)22-5-3-4-10-33-22/h6-7,11-13,22,24H,3-5,8-10,14H2,1-2H3. The van der Waals surface area contributed by atoms with Crippen molar-refractivity contribution in [3.63, 3.8) is 0 Å². The molecule has 1 saturated heterocycles. The second-order valence-electron chi connectivity index (χ2n) is 9.60. The summed E-state index contributed by atoms with van der Waals surface area (Å²) in [6, 6.07) is 5.67. The maximum atomic E-state index is 15.1. The topological polar surface area (TPSA) is 30.3 Å². The molecule has 176 valence electrons. The summed E-state index contributed by atoms with van der Waals surface area (Å²) >= 11 is 3.16. The molecule has 0 amide bonds. The molecule has 3 heterocycles. The maximum absolute atomic E-state index is 15.1. The highest BCUT2D eigenvalue weighted by Gasteiger charge is 2.37. The molecule has 33 heavy (non-hydrogen) atoms. The van der Waals surface area contributed by atoms with E-state index >= 15 is 8.78 Å². The second kappa shape index (κ2) is 8.71. The third-order valence-corrected chi connectivity index (χ3v) is 7.02. The van der Waals surface area contributed by atoms with Crippen LogP contribution in [0.15, 0.2) is 34.9 Å². The Kier molecular flexibility index (Phi) is 6.04. The van der Waals surface area contributed by atoms with Crippen molar-refractivity contribution in [1.29, 1.82) is 0 Å². The first-order valence-electron chi connectivity index (χ1n) is 11.4. The largest absolute Gasteiger partial charge is 0.356 e. The van der Waals surface area contributed by atoms with Gasteiger partial charge in [0.15, 0.2) is 6.23 Å². The number of nitrogens with zero attached hydrogens (tertiary/aromatic N) is 3. The lowest BCUT2D eigenvalue weighted by Gasteiger charge is -2.40. The Balaban J connectivity index is 1.65. The number of hydrogen-bond donors (Lipinski definition) is 0. The average molecular weight is 522 g/mol. The minimum absolute atomic E-state index is 0.0502. The molecule has 2 aliphatic rings. The number of benzene rings is 2. The van der Waals surface area contributed by atoms with Gasteiger partial charge in [0.1, 0.15) is 17.3 Å². The summed E-state index contributed by atoms with van der Waals surface area (Å²) in [5.41, 5.74) is 1.20. The van der Waals surface area contributed by atoms with E-state index in [0.717, 1.165) is 47.9 Å². The van der Waals surface area contributed by atoms with Crippen molar-refractivity contribution in [3.8, 4) is 0 Å². The van der Waals surface area contributed by atoms with Gasteiger partial charge in [0, 0.05) is 35.1 Å². The summed E-state index contributed by atoms with van der Waals surface area (Å²) in [5.74, 6) is -1.29. The van der Waals surface area contributed by atoms with Gasteiger partial charge in [0.25, 0.3) is 0 Å². The minimum Gasteiger partial charge on any atom is -0.356 e. The molecule has 2 atom stereocenters. The number of aromatic nitrogens is 2. The zero-order chi connectivity index (χ0) is 23.3. The van der Waals surface area contributed by atoms with Crippen LogP contribution < -0.4 is 0 Å². The summed E-state index contributed by atoms with van der Waals surface area (Å²) in [4.78, 5) is 1.85. The van der Waals surface area contributed by atoms with Crippen LogP contribution in [0.2, 0.25) is 0 Å². The lowest BCUT2D eigenvalue weighted by molar-refractivity contribution is -0.0366. The highest BCUT2D eigenvalue weighted by Crippen LogP contribution is 2.42. The van der Waals surface area contributed by atoms with Gasteiger partial charge < -0.3 is 4.74 Å². The third-order valence-electron chi connectivity index (χ3n) is 6.56. The number of halogens is 4. The Hall–Kier alpha value is -1.90. The van der Waals surface area contributed by atoms with Gasteiger partial charge in [0.2, 0.25) is 0 Å². The first-order chi connectivity index (χ1) is 15.7. The van der Waals surface area contributed by atoms with E-state index in [0.29, 0.717) is 17.4 Å². The molecule has 1 fully saturated rings. The second-order valence-corrected chi connectivity index (χ2v) is 10.5. The van der Waals surface area contributed by atoms with Gasteiger partial charge in [-0.2, -0.15) is 5.10 Å². The van der Waals surface area contributed by atoms with E-state index in [2.05, 4.69) is 21.0 Å². The maximum Gasteiger partial charge on any atom is 0.150 e. The van der Waals surface area contributed by atoms with Gasteiger partial charge in [-0.15, -0.1) is 0 Å². The van der Waals surface area contributed by atoms with Gasteiger partial charge in [0.05, 0.1) is 17.8 Å². The molecule has 5 rings (SSSR count). The van der Waals surface area contributed by atoms with Crippen molar-refractivity contribution < 1.29 is 17.9 Å². The highest BCUT2D eigenvalue weighted by atomic mass is 79.9. The van der Waals surface area contributed by atoms with E-state index in [4.69, 9.17) is 4.74 Å². The number of hydrogen-bond acceptors (Lipinski definition) is 3. The molecule has 0 radical (unpaired) electrons. The zero-order valence-corrected chi connectivity index (χ0v) is 20.3.